The van der Waals surface area contributed by atoms with Crippen LogP contribution < -0.4 is 26.7 Å². The molecule has 0 unspecified atom stereocenters. The van der Waals surface area contributed by atoms with E-state index in [0.29, 0.717) is 30.4 Å². The summed E-state index contributed by atoms with van der Waals surface area (Å²) in [6, 6.07) is 5.21. The monoisotopic (exact) mass is 271 g/mol. The number of aliphatic imine (C=N–C) groups is 2. The molecular formula is C10H14ClN5O2. The SMILES string of the molecule is Cl.NC(N)=NC(N)=Nc1ccc2c(c1)OCCO2. The summed E-state index contributed by atoms with van der Waals surface area (Å²) in [5, 5.41) is 0. The van der Waals surface area contributed by atoms with E-state index in [1.54, 1.807) is 18.2 Å². The number of fused-ring (bicyclic) bond motifs is 1. The van der Waals surface area contributed by atoms with Gasteiger partial charge in [-0.05, 0) is 12.1 Å². The molecule has 2 rings (SSSR count). The van der Waals surface area contributed by atoms with Gasteiger partial charge in [-0.15, -0.1) is 12.4 Å². The maximum Gasteiger partial charge on any atom is 0.223 e. The third-order valence-corrected chi connectivity index (χ3v) is 2.01. The summed E-state index contributed by atoms with van der Waals surface area (Å²) in [4.78, 5) is 7.63. The van der Waals surface area contributed by atoms with E-state index in [-0.39, 0.29) is 24.3 Å². The van der Waals surface area contributed by atoms with Crippen molar-refractivity contribution >= 4 is 30.0 Å². The first-order valence-electron chi connectivity index (χ1n) is 4.98. The van der Waals surface area contributed by atoms with Crippen molar-refractivity contribution in [3.63, 3.8) is 0 Å². The summed E-state index contributed by atoms with van der Waals surface area (Å²) >= 11 is 0. The number of nitrogens with two attached hydrogens (primary N) is 3. The van der Waals surface area contributed by atoms with Crippen molar-refractivity contribution in [1.82, 2.24) is 0 Å². The molecule has 0 saturated carbocycles. The number of benzene rings is 1. The Morgan fingerprint density at radius 2 is 1.72 bits per heavy atom. The Balaban J connectivity index is 0.00000162. The van der Waals surface area contributed by atoms with Crippen molar-refractivity contribution in [1.29, 1.82) is 0 Å². The van der Waals surface area contributed by atoms with Crippen molar-refractivity contribution < 1.29 is 9.47 Å². The van der Waals surface area contributed by atoms with Gasteiger partial charge >= 0.3 is 0 Å². The van der Waals surface area contributed by atoms with Gasteiger partial charge in [-0.2, -0.15) is 4.99 Å². The van der Waals surface area contributed by atoms with Crippen molar-refractivity contribution in [3.05, 3.63) is 18.2 Å². The fourth-order valence-corrected chi connectivity index (χ4v) is 1.39. The summed E-state index contributed by atoms with van der Waals surface area (Å²) in [7, 11) is 0. The molecule has 1 heterocycles. The van der Waals surface area contributed by atoms with Crippen molar-refractivity contribution in [2.24, 2.45) is 27.2 Å². The molecule has 6 N–H and O–H groups in total. The van der Waals surface area contributed by atoms with E-state index in [0.717, 1.165) is 0 Å². The Morgan fingerprint density at radius 3 is 2.39 bits per heavy atom. The van der Waals surface area contributed by atoms with E-state index in [9.17, 15) is 0 Å². The van der Waals surface area contributed by atoms with Gasteiger partial charge < -0.3 is 26.7 Å². The van der Waals surface area contributed by atoms with Gasteiger partial charge in [0.05, 0.1) is 5.69 Å². The lowest BCUT2D eigenvalue weighted by atomic mass is 10.2. The molecule has 0 atom stereocenters. The van der Waals surface area contributed by atoms with E-state index in [1.165, 1.54) is 0 Å². The van der Waals surface area contributed by atoms with Gasteiger partial charge in [0.1, 0.15) is 13.2 Å². The van der Waals surface area contributed by atoms with Gasteiger partial charge in [-0.1, -0.05) is 0 Å². The highest BCUT2D eigenvalue weighted by atomic mass is 35.5. The molecule has 1 aromatic rings. The average Bonchev–Trinajstić information content (AvgIpc) is 2.27. The first kappa shape index (κ1) is 13.9. The maximum absolute atomic E-state index is 5.51. The minimum absolute atomic E-state index is 0. The highest BCUT2D eigenvalue weighted by Crippen LogP contribution is 2.33. The topological polar surface area (TPSA) is 121 Å². The predicted octanol–water partition coefficient (Wildman–Crippen LogP) is 0.0992. The van der Waals surface area contributed by atoms with Crippen LogP contribution in [0.1, 0.15) is 0 Å². The second-order valence-corrected chi connectivity index (χ2v) is 3.33. The highest BCUT2D eigenvalue weighted by Gasteiger charge is 2.11. The van der Waals surface area contributed by atoms with Crippen LogP contribution in [0.2, 0.25) is 0 Å². The van der Waals surface area contributed by atoms with E-state index >= 15 is 0 Å². The predicted molar refractivity (Wildman–Crippen MR) is 71.8 cm³/mol. The molecule has 1 aromatic carbocycles. The highest BCUT2D eigenvalue weighted by molar-refractivity contribution is 5.93. The molecular weight excluding hydrogens is 258 g/mol. The zero-order valence-corrected chi connectivity index (χ0v) is 10.3. The van der Waals surface area contributed by atoms with Crippen LogP contribution in [0.4, 0.5) is 5.69 Å². The van der Waals surface area contributed by atoms with Crippen LogP contribution in [0.15, 0.2) is 28.2 Å². The van der Waals surface area contributed by atoms with E-state index in [1.807, 2.05) is 0 Å². The lowest BCUT2D eigenvalue weighted by Gasteiger charge is -2.18. The second kappa shape index (κ2) is 5.97. The van der Waals surface area contributed by atoms with Crippen molar-refractivity contribution in [2.75, 3.05) is 13.2 Å². The lowest BCUT2D eigenvalue weighted by Crippen LogP contribution is -2.26. The van der Waals surface area contributed by atoms with Crippen molar-refractivity contribution in [3.8, 4) is 11.5 Å². The van der Waals surface area contributed by atoms with Gasteiger partial charge in [0.25, 0.3) is 0 Å². The standard InChI is InChI=1S/C10H13N5O2.ClH/c11-9(12)15-10(13)14-6-1-2-7-8(5-6)17-4-3-16-7;/h1-2,5H,3-4H2,(H6,11,12,13,14,15);1H. The smallest absolute Gasteiger partial charge is 0.223 e. The molecule has 0 bridgehead atoms. The van der Waals surface area contributed by atoms with Crippen LogP contribution in [0, 0.1) is 0 Å². The Kier molecular flexibility index (Phi) is 4.61. The number of ether oxygens (including phenoxy) is 2. The first-order valence-corrected chi connectivity index (χ1v) is 4.98. The molecule has 7 nitrogen and oxygen atoms in total. The summed E-state index contributed by atoms with van der Waals surface area (Å²) in [5.74, 6) is 1.18. The Morgan fingerprint density at radius 1 is 1.06 bits per heavy atom. The Hall–Kier alpha value is -2.15. The van der Waals surface area contributed by atoms with E-state index < -0.39 is 0 Å². The van der Waals surface area contributed by atoms with E-state index in [4.69, 9.17) is 26.7 Å². The fourth-order valence-electron chi connectivity index (χ4n) is 1.39. The Labute approximate surface area is 110 Å². The Bertz CT molecular complexity index is 485. The molecule has 0 saturated heterocycles. The number of guanidine groups is 2. The number of hydrogen-bond donors (Lipinski definition) is 3. The van der Waals surface area contributed by atoms with Crippen LogP contribution in [-0.4, -0.2) is 25.1 Å². The quantitative estimate of drug-likeness (QED) is 0.494. The van der Waals surface area contributed by atoms with Crippen LogP contribution >= 0.6 is 12.4 Å². The third kappa shape index (κ3) is 3.42. The van der Waals surface area contributed by atoms with Gasteiger partial charge in [0, 0.05) is 6.07 Å². The van der Waals surface area contributed by atoms with E-state index in [2.05, 4.69) is 9.98 Å². The minimum Gasteiger partial charge on any atom is -0.486 e. The number of rotatable bonds is 1. The largest absolute Gasteiger partial charge is 0.486 e. The van der Waals surface area contributed by atoms with Gasteiger partial charge in [0.15, 0.2) is 17.5 Å². The molecule has 0 amide bonds. The molecule has 1 aliphatic rings. The fraction of sp³-hybridized carbons (Fsp3) is 0.200. The molecule has 98 valence electrons. The molecule has 8 heteroatoms. The van der Waals surface area contributed by atoms with Gasteiger partial charge in [-0.25, -0.2) is 4.99 Å². The summed E-state index contributed by atoms with van der Waals surface area (Å²) in [6.45, 7) is 1.06. The normalized spacial score (nSPS) is 13.4. The first-order chi connectivity index (χ1) is 8.15. The summed E-state index contributed by atoms with van der Waals surface area (Å²) in [5.41, 5.74) is 16.5. The number of hydrogen-bond acceptors (Lipinski definition) is 3. The number of nitrogens with zero attached hydrogens (tertiary/aromatic N) is 2. The van der Waals surface area contributed by atoms with Gasteiger partial charge in [0.2, 0.25) is 5.96 Å². The third-order valence-electron chi connectivity index (χ3n) is 2.01. The van der Waals surface area contributed by atoms with Gasteiger partial charge in [-0.3, -0.25) is 0 Å². The van der Waals surface area contributed by atoms with Crippen LogP contribution in [-0.2, 0) is 0 Å². The average molecular weight is 272 g/mol. The molecule has 0 spiro atoms. The molecule has 0 aromatic heterocycles. The zero-order chi connectivity index (χ0) is 12.3. The summed E-state index contributed by atoms with van der Waals surface area (Å²) < 4.78 is 10.8. The van der Waals surface area contributed by atoms with Crippen LogP contribution in [0.25, 0.3) is 0 Å². The molecule has 1 aliphatic heterocycles. The maximum atomic E-state index is 5.51. The molecule has 0 aliphatic carbocycles. The van der Waals surface area contributed by atoms with Crippen LogP contribution in [0.3, 0.4) is 0 Å². The molecule has 0 radical (unpaired) electrons. The lowest BCUT2D eigenvalue weighted by molar-refractivity contribution is 0.171. The van der Waals surface area contributed by atoms with Crippen LogP contribution in [0.5, 0.6) is 11.5 Å². The zero-order valence-electron chi connectivity index (χ0n) is 9.50. The summed E-state index contributed by atoms with van der Waals surface area (Å²) in [6.07, 6.45) is 0. The second-order valence-electron chi connectivity index (χ2n) is 3.33. The number of halogens is 1. The minimum atomic E-state index is -0.135. The molecule has 18 heavy (non-hydrogen) atoms. The van der Waals surface area contributed by atoms with Crippen molar-refractivity contribution in [2.45, 2.75) is 0 Å². The molecule has 0 fully saturated rings.